The number of nitrogens with one attached hydrogen (secondary N) is 1. The van der Waals surface area contributed by atoms with Crippen LogP contribution in [0, 0.1) is 5.21 Å². The van der Waals surface area contributed by atoms with Crippen LogP contribution >= 0.6 is 0 Å². The second-order valence-corrected chi connectivity index (χ2v) is 7.65. The number of likely N-dealkylation sites (N-methyl/N-ethyl adjacent to an activating group) is 1. The van der Waals surface area contributed by atoms with Crippen molar-refractivity contribution in [1.82, 2.24) is 0 Å². The number of alkyl halides is 6. The topological polar surface area (TPSA) is 114 Å². The fourth-order valence-corrected chi connectivity index (χ4v) is 1.89. The highest BCUT2D eigenvalue weighted by Gasteiger charge is 2.51. The fourth-order valence-electron chi connectivity index (χ4n) is 0.794. The van der Waals surface area contributed by atoms with E-state index in [1.165, 1.54) is 0 Å². The average Bonchev–Trinajstić information content (AvgIpc) is 2.31. The molecule has 1 unspecified atom stereocenters. The van der Waals surface area contributed by atoms with Gasteiger partial charge in [0, 0.05) is 0 Å². The molecule has 8 nitrogen and oxygen atoms in total. The zero-order valence-corrected chi connectivity index (χ0v) is 13.0. The first-order valence-electron chi connectivity index (χ1n) is 5.28. The van der Waals surface area contributed by atoms with Gasteiger partial charge in [-0.05, 0) is 6.92 Å². The Labute approximate surface area is 126 Å². The van der Waals surface area contributed by atoms with Crippen LogP contribution in [0.2, 0.25) is 0 Å². The normalized spacial score (nSPS) is 16.4. The predicted molar refractivity (Wildman–Crippen MR) is 60.5 cm³/mol. The number of rotatable bonds is 7. The third-order valence-electron chi connectivity index (χ3n) is 2.48. The number of hydrogen-bond donors (Lipinski definition) is 1. The molecule has 0 aliphatic rings. The number of quaternary nitrogens is 1. The average molecular weight is 399 g/mol. The quantitative estimate of drug-likeness (QED) is 0.265. The molecule has 0 aliphatic carbocycles. The monoisotopic (exact) mass is 399 g/mol. The molecule has 0 fully saturated rings. The summed E-state index contributed by atoms with van der Waals surface area (Å²) in [5.41, 5.74) is -14.1. The van der Waals surface area contributed by atoms with Crippen molar-refractivity contribution in [3.63, 3.8) is 0 Å². The fraction of sp³-hybridized carbons (Fsp3) is 1.00. The van der Waals surface area contributed by atoms with Crippen LogP contribution in [0.4, 0.5) is 26.3 Å². The number of halogens is 6. The van der Waals surface area contributed by atoms with E-state index >= 15 is 0 Å². The molecular formula is C7H11F6NO7S2. The molecule has 0 saturated carbocycles. The van der Waals surface area contributed by atoms with Crippen LogP contribution < -0.4 is 5.06 Å². The molecule has 0 aromatic heterocycles. The lowest BCUT2D eigenvalue weighted by Gasteiger charge is -2.37. The molecule has 23 heavy (non-hydrogen) atoms. The third kappa shape index (κ3) is 5.71. The van der Waals surface area contributed by atoms with Crippen LogP contribution in [0.3, 0.4) is 0 Å². The lowest BCUT2D eigenvalue weighted by atomic mass is 10.1. The molecule has 0 heterocycles. The molecule has 0 aromatic carbocycles. The molecule has 0 aliphatic heterocycles. The molecule has 0 saturated heterocycles. The van der Waals surface area contributed by atoms with Crippen molar-refractivity contribution < 1.29 is 56.6 Å². The van der Waals surface area contributed by atoms with Crippen LogP contribution in [-0.2, 0) is 28.6 Å². The van der Waals surface area contributed by atoms with Gasteiger partial charge in [-0.2, -0.15) is 43.2 Å². The van der Waals surface area contributed by atoms with Gasteiger partial charge in [0.2, 0.25) is 0 Å². The van der Waals surface area contributed by atoms with Crippen molar-refractivity contribution in [2.45, 2.75) is 23.5 Å². The minimum atomic E-state index is -6.13. The van der Waals surface area contributed by atoms with Gasteiger partial charge in [0.25, 0.3) is 0 Å². The highest BCUT2D eigenvalue weighted by atomic mass is 32.2. The van der Waals surface area contributed by atoms with Crippen molar-refractivity contribution in [3.05, 3.63) is 5.21 Å². The molecule has 0 radical (unpaired) electrons. The van der Waals surface area contributed by atoms with Gasteiger partial charge in [0.05, 0.1) is 7.05 Å². The highest BCUT2D eigenvalue weighted by Crippen LogP contribution is 2.27. The van der Waals surface area contributed by atoms with E-state index in [2.05, 4.69) is 8.37 Å². The Morgan fingerprint density at radius 2 is 1.13 bits per heavy atom. The Morgan fingerprint density at radius 3 is 1.30 bits per heavy atom. The van der Waals surface area contributed by atoms with E-state index in [1.807, 2.05) is 0 Å². The maximum absolute atomic E-state index is 12.1. The van der Waals surface area contributed by atoms with E-state index < -0.39 is 55.1 Å². The van der Waals surface area contributed by atoms with E-state index in [0.29, 0.717) is 14.0 Å². The van der Waals surface area contributed by atoms with E-state index in [4.69, 9.17) is 0 Å². The van der Waals surface area contributed by atoms with Gasteiger partial charge < -0.3 is 10.3 Å². The van der Waals surface area contributed by atoms with Gasteiger partial charge in [0.15, 0.2) is 0 Å². The van der Waals surface area contributed by atoms with Crippen LogP contribution in [0.15, 0.2) is 0 Å². The minimum absolute atomic E-state index is 0.674. The van der Waals surface area contributed by atoms with E-state index in [0.717, 1.165) is 0 Å². The molecule has 1 N–H and O–H groups in total. The maximum Gasteiger partial charge on any atom is 0.523 e. The standard InChI is InChI=1S/C7H11F6NO7S2/c1-5(14(2)15,3-20-22(16,17)6(8,9)10)4-21-23(18,19)7(11,12)13/h14H,3-4H2,1-2H3. The summed E-state index contributed by atoms with van der Waals surface area (Å²) < 4.78 is 122. The van der Waals surface area contributed by atoms with Gasteiger partial charge in [-0.3, -0.25) is 8.37 Å². The zero-order chi connectivity index (χ0) is 18.9. The Bertz CT molecular complexity index is 560. The Hall–Kier alpha value is -0.680. The third-order valence-corrected chi connectivity index (χ3v) is 4.47. The van der Waals surface area contributed by atoms with Crippen molar-refractivity contribution in [2.75, 3.05) is 20.3 Å². The summed E-state index contributed by atoms with van der Waals surface area (Å²) in [6, 6.07) is 0. The molecule has 0 amide bonds. The molecular weight excluding hydrogens is 388 g/mol. The van der Waals surface area contributed by atoms with Gasteiger partial charge in [-0.25, -0.2) is 0 Å². The predicted octanol–water partition coefficient (Wildman–Crippen LogP) is -0.510. The second-order valence-electron chi connectivity index (χ2n) is 4.44. The van der Waals surface area contributed by atoms with Crippen LogP contribution in [0.25, 0.3) is 0 Å². The lowest BCUT2D eigenvalue weighted by molar-refractivity contribution is -0.884. The first-order chi connectivity index (χ1) is 9.86. The molecule has 0 spiro atoms. The Balaban J connectivity index is 5.19. The summed E-state index contributed by atoms with van der Waals surface area (Å²) in [4.78, 5) is 0. The second kappa shape index (κ2) is 6.67. The SMILES string of the molecule is C[NH+]([O-])C(C)(COS(=O)(=O)C(F)(F)F)COS(=O)(=O)C(F)(F)F. The Kier molecular flexibility index (Phi) is 6.48. The molecule has 16 heteroatoms. The molecule has 140 valence electrons. The number of hydroxylamine groups is 2. The molecule has 0 aromatic rings. The summed E-state index contributed by atoms with van der Waals surface area (Å²) >= 11 is 0. The van der Waals surface area contributed by atoms with Crippen molar-refractivity contribution >= 4 is 20.2 Å². The highest BCUT2D eigenvalue weighted by molar-refractivity contribution is 7.87. The van der Waals surface area contributed by atoms with Crippen molar-refractivity contribution in [2.24, 2.45) is 0 Å². The molecule has 0 bridgehead atoms. The lowest BCUT2D eigenvalue weighted by Crippen LogP contribution is -3.14. The van der Waals surface area contributed by atoms with E-state index in [9.17, 15) is 48.4 Å². The van der Waals surface area contributed by atoms with Crippen LogP contribution in [0.1, 0.15) is 6.92 Å². The van der Waals surface area contributed by atoms with Crippen molar-refractivity contribution in [3.8, 4) is 0 Å². The van der Waals surface area contributed by atoms with Gasteiger partial charge >= 0.3 is 31.3 Å². The summed E-state index contributed by atoms with van der Waals surface area (Å²) in [6.07, 6.45) is 0. The van der Waals surface area contributed by atoms with Gasteiger partial charge in [-0.1, -0.05) is 0 Å². The maximum atomic E-state index is 12.1. The largest absolute Gasteiger partial charge is 0.634 e. The van der Waals surface area contributed by atoms with Crippen LogP contribution in [0.5, 0.6) is 0 Å². The molecule has 0 rings (SSSR count). The number of hydrogen-bond acceptors (Lipinski definition) is 7. The Morgan fingerprint density at radius 1 is 0.870 bits per heavy atom. The van der Waals surface area contributed by atoms with Crippen molar-refractivity contribution in [1.29, 1.82) is 0 Å². The summed E-state index contributed by atoms with van der Waals surface area (Å²) in [5.74, 6) is 0. The zero-order valence-electron chi connectivity index (χ0n) is 11.4. The minimum Gasteiger partial charge on any atom is -0.634 e. The van der Waals surface area contributed by atoms with E-state index in [-0.39, 0.29) is 0 Å². The van der Waals surface area contributed by atoms with Gasteiger partial charge in [-0.15, -0.1) is 0 Å². The van der Waals surface area contributed by atoms with Crippen LogP contribution in [-0.4, -0.2) is 53.7 Å². The van der Waals surface area contributed by atoms with Gasteiger partial charge in [0.1, 0.15) is 18.8 Å². The smallest absolute Gasteiger partial charge is 0.523 e. The summed E-state index contributed by atoms with van der Waals surface area (Å²) in [5, 5.41) is 10.1. The molecule has 1 atom stereocenters. The summed E-state index contributed by atoms with van der Waals surface area (Å²) in [6.45, 7) is -2.47. The summed E-state index contributed by atoms with van der Waals surface area (Å²) in [7, 11) is -11.6. The van der Waals surface area contributed by atoms with E-state index in [1.54, 1.807) is 0 Å². The first-order valence-corrected chi connectivity index (χ1v) is 8.10. The first kappa shape index (κ1) is 22.3.